The molecule has 0 spiro atoms. The van der Waals surface area contributed by atoms with E-state index in [9.17, 15) is 0 Å². The molecule has 19 heavy (non-hydrogen) atoms. The second kappa shape index (κ2) is 6.35. The van der Waals surface area contributed by atoms with Gasteiger partial charge in [0.2, 0.25) is 0 Å². The Bertz CT molecular complexity index is 566. The summed E-state index contributed by atoms with van der Waals surface area (Å²) < 4.78 is 2.06. The fraction of sp³-hybridized carbons (Fsp3) is 0.357. The predicted molar refractivity (Wildman–Crippen MR) is 82.7 cm³/mol. The maximum atomic E-state index is 6.02. The van der Waals surface area contributed by atoms with Crippen molar-refractivity contribution in [2.75, 3.05) is 5.73 Å². The van der Waals surface area contributed by atoms with Crippen LogP contribution in [0.3, 0.4) is 0 Å². The lowest BCUT2D eigenvalue weighted by atomic mass is 10.3. The van der Waals surface area contributed by atoms with Crippen molar-refractivity contribution in [1.29, 1.82) is 0 Å². The SMILES string of the molecule is CCc1cc(CSc2ccc(N)c(Cl)c2)n(CC)n1. The maximum Gasteiger partial charge on any atom is 0.0646 e. The molecular formula is C14H18ClN3S. The van der Waals surface area contributed by atoms with Gasteiger partial charge < -0.3 is 5.73 Å². The Morgan fingerprint density at radius 3 is 2.74 bits per heavy atom. The Hall–Kier alpha value is -1.13. The molecule has 1 aromatic heterocycles. The van der Waals surface area contributed by atoms with Crippen LogP contribution in [0.2, 0.25) is 5.02 Å². The first-order valence-corrected chi connectivity index (χ1v) is 7.73. The van der Waals surface area contributed by atoms with E-state index in [-0.39, 0.29) is 0 Å². The average molecular weight is 296 g/mol. The van der Waals surface area contributed by atoms with Gasteiger partial charge in [-0.2, -0.15) is 5.10 Å². The van der Waals surface area contributed by atoms with Crippen molar-refractivity contribution >= 4 is 29.1 Å². The molecule has 2 N–H and O–H groups in total. The molecule has 3 nitrogen and oxygen atoms in total. The Labute approximate surface area is 123 Å². The Morgan fingerprint density at radius 1 is 1.32 bits per heavy atom. The number of hydrogen-bond donors (Lipinski definition) is 1. The fourth-order valence-corrected chi connectivity index (χ4v) is 2.99. The lowest BCUT2D eigenvalue weighted by molar-refractivity contribution is 0.628. The van der Waals surface area contributed by atoms with Crippen molar-refractivity contribution in [3.63, 3.8) is 0 Å². The van der Waals surface area contributed by atoms with Gasteiger partial charge in [-0.3, -0.25) is 4.68 Å². The van der Waals surface area contributed by atoms with E-state index in [1.165, 1.54) is 5.69 Å². The summed E-state index contributed by atoms with van der Waals surface area (Å²) in [5.41, 5.74) is 8.72. The van der Waals surface area contributed by atoms with Gasteiger partial charge in [0.15, 0.2) is 0 Å². The molecule has 0 fully saturated rings. The molecule has 0 aliphatic heterocycles. The molecule has 1 aromatic carbocycles. The van der Waals surface area contributed by atoms with Crippen molar-refractivity contribution in [3.8, 4) is 0 Å². The zero-order valence-corrected chi connectivity index (χ0v) is 12.8. The van der Waals surface area contributed by atoms with Gasteiger partial charge in [-0.1, -0.05) is 18.5 Å². The van der Waals surface area contributed by atoms with E-state index in [0.717, 1.165) is 29.3 Å². The molecule has 0 saturated carbocycles. The topological polar surface area (TPSA) is 43.8 Å². The van der Waals surface area contributed by atoms with Gasteiger partial charge in [-0.25, -0.2) is 0 Å². The quantitative estimate of drug-likeness (QED) is 0.670. The molecule has 0 bridgehead atoms. The van der Waals surface area contributed by atoms with E-state index in [2.05, 4.69) is 29.7 Å². The third-order valence-electron chi connectivity index (χ3n) is 2.93. The van der Waals surface area contributed by atoms with Crippen molar-refractivity contribution in [3.05, 3.63) is 40.7 Å². The third kappa shape index (κ3) is 3.45. The first kappa shape index (κ1) is 14.3. The Kier molecular flexibility index (Phi) is 4.77. The van der Waals surface area contributed by atoms with E-state index in [4.69, 9.17) is 17.3 Å². The van der Waals surface area contributed by atoms with Crippen LogP contribution in [0.4, 0.5) is 5.69 Å². The lowest BCUT2D eigenvalue weighted by Gasteiger charge is -2.05. The smallest absolute Gasteiger partial charge is 0.0646 e. The van der Waals surface area contributed by atoms with Crippen molar-refractivity contribution < 1.29 is 0 Å². The summed E-state index contributed by atoms with van der Waals surface area (Å²) in [6, 6.07) is 7.93. The molecule has 102 valence electrons. The number of halogens is 1. The normalized spacial score (nSPS) is 10.9. The van der Waals surface area contributed by atoms with Crippen LogP contribution in [-0.2, 0) is 18.7 Å². The van der Waals surface area contributed by atoms with Crippen LogP contribution >= 0.6 is 23.4 Å². The van der Waals surface area contributed by atoms with Gasteiger partial charge >= 0.3 is 0 Å². The number of nitrogen functional groups attached to an aromatic ring is 1. The van der Waals surface area contributed by atoms with Crippen LogP contribution in [-0.4, -0.2) is 9.78 Å². The summed E-state index contributed by atoms with van der Waals surface area (Å²) in [7, 11) is 0. The number of nitrogens with zero attached hydrogens (tertiary/aromatic N) is 2. The first-order valence-electron chi connectivity index (χ1n) is 6.37. The summed E-state index contributed by atoms with van der Waals surface area (Å²) >= 11 is 7.77. The zero-order chi connectivity index (χ0) is 13.8. The van der Waals surface area contributed by atoms with E-state index < -0.39 is 0 Å². The highest BCUT2D eigenvalue weighted by molar-refractivity contribution is 7.98. The van der Waals surface area contributed by atoms with Crippen LogP contribution in [0.1, 0.15) is 25.2 Å². The van der Waals surface area contributed by atoms with E-state index in [1.807, 2.05) is 18.2 Å². The molecule has 1 heterocycles. The monoisotopic (exact) mass is 295 g/mol. The number of aryl methyl sites for hydroxylation is 2. The number of nitrogens with two attached hydrogens (primary N) is 1. The van der Waals surface area contributed by atoms with Crippen molar-refractivity contribution in [2.45, 2.75) is 37.5 Å². The van der Waals surface area contributed by atoms with Crippen LogP contribution in [0, 0.1) is 0 Å². The minimum absolute atomic E-state index is 0.614. The molecule has 0 amide bonds. The molecule has 0 saturated heterocycles. The molecule has 5 heteroatoms. The Morgan fingerprint density at radius 2 is 2.11 bits per heavy atom. The van der Waals surface area contributed by atoms with Gasteiger partial charge in [-0.05, 0) is 37.6 Å². The zero-order valence-electron chi connectivity index (χ0n) is 11.2. The summed E-state index contributed by atoms with van der Waals surface area (Å²) in [6.07, 6.45) is 0.971. The third-order valence-corrected chi connectivity index (χ3v) is 4.29. The molecule has 0 aliphatic carbocycles. The molecule has 2 rings (SSSR count). The number of rotatable bonds is 5. The van der Waals surface area contributed by atoms with Crippen LogP contribution in [0.25, 0.3) is 0 Å². The minimum Gasteiger partial charge on any atom is -0.398 e. The van der Waals surface area contributed by atoms with E-state index in [1.54, 1.807) is 11.8 Å². The highest BCUT2D eigenvalue weighted by Gasteiger charge is 2.07. The van der Waals surface area contributed by atoms with Gasteiger partial charge in [0, 0.05) is 22.9 Å². The number of benzene rings is 1. The average Bonchev–Trinajstić information content (AvgIpc) is 2.82. The number of aromatic nitrogens is 2. The Balaban J connectivity index is 2.09. The van der Waals surface area contributed by atoms with E-state index in [0.29, 0.717) is 10.7 Å². The summed E-state index contributed by atoms with van der Waals surface area (Å²) in [5, 5.41) is 5.16. The second-order valence-corrected chi connectivity index (χ2v) is 5.72. The van der Waals surface area contributed by atoms with Gasteiger partial charge in [0.25, 0.3) is 0 Å². The predicted octanol–water partition coefficient (Wildman–Crippen LogP) is 3.99. The van der Waals surface area contributed by atoms with Crippen molar-refractivity contribution in [2.24, 2.45) is 0 Å². The number of hydrogen-bond acceptors (Lipinski definition) is 3. The minimum atomic E-state index is 0.614. The van der Waals surface area contributed by atoms with Gasteiger partial charge in [0.05, 0.1) is 16.4 Å². The number of thioether (sulfide) groups is 1. The second-order valence-electron chi connectivity index (χ2n) is 4.27. The van der Waals surface area contributed by atoms with Crippen LogP contribution < -0.4 is 5.73 Å². The molecule has 0 radical (unpaired) electrons. The highest BCUT2D eigenvalue weighted by Crippen LogP contribution is 2.28. The molecular weight excluding hydrogens is 278 g/mol. The lowest BCUT2D eigenvalue weighted by Crippen LogP contribution is -2.01. The molecule has 0 atom stereocenters. The highest BCUT2D eigenvalue weighted by atomic mass is 35.5. The fourth-order valence-electron chi connectivity index (χ4n) is 1.83. The molecule has 0 unspecified atom stereocenters. The van der Waals surface area contributed by atoms with Crippen LogP contribution in [0.15, 0.2) is 29.2 Å². The van der Waals surface area contributed by atoms with Crippen molar-refractivity contribution in [1.82, 2.24) is 9.78 Å². The summed E-state index contributed by atoms with van der Waals surface area (Å²) in [5.74, 6) is 0.890. The maximum absolute atomic E-state index is 6.02. The standard InChI is InChI=1S/C14H18ClN3S/c1-3-10-7-11(18(4-2)17-10)9-19-12-5-6-14(16)13(15)8-12/h5-8H,3-4,9,16H2,1-2H3. The summed E-state index contributed by atoms with van der Waals surface area (Å²) in [4.78, 5) is 1.13. The first-order chi connectivity index (χ1) is 9.13. The van der Waals surface area contributed by atoms with Gasteiger partial charge in [-0.15, -0.1) is 11.8 Å². The number of anilines is 1. The van der Waals surface area contributed by atoms with Crippen LogP contribution in [0.5, 0.6) is 0 Å². The van der Waals surface area contributed by atoms with Gasteiger partial charge in [0.1, 0.15) is 0 Å². The molecule has 0 aliphatic rings. The largest absolute Gasteiger partial charge is 0.398 e. The summed E-state index contributed by atoms with van der Waals surface area (Å²) in [6.45, 7) is 5.14. The van der Waals surface area contributed by atoms with E-state index >= 15 is 0 Å². The molecule has 2 aromatic rings.